The summed E-state index contributed by atoms with van der Waals surface area (Å²) in [5.74, 6) is -0.264. The highest BCUT2D eigenvalue weighted by Gasteiger charge is 2.42. The average Bonchev–Trinajstić information content (AvgIpc) is 3.22. The number of nitrogen functional groups attached to an aromatic ring is 1. The minimum atomic E-state index is -0.568. The minimum Gasteiger partial charge on any atom is -0.393 e. The van der Waals surface area contributed by atoms with Crippen LogP contribution in [0.25, 0.3) is 0 Å². The first-order chi connectivity index (χ1) is 9.97. The second-order valence-electron chi connectivity index (χ2n) is 5.46. The van der Waals surface area contributed by atoms with E-state index in [9.17, 15) is 14.9 Å². The Morgan fingerprint density at radius 2 is 2.24 bits per heavy atom. The Kier molecular flexibility index (Phi) is 4.42. The molecule has 0 bridgehead atoms. The predicted octanol–water partition coefficient (Wildman–Crippen LogP) is 1.72. The van der Waals surface area contributed by atoms with Gasteiger partial charge in [-0.2, -0.15) is 0 Å². The Hall–Kier alpha value is -2.15. The lowest BCUT2D eigenvalue weighted by molar-refractivity contribution is -0.383. The lowest BCUT2D eigenvalue weighted by Crippen LogP contribution is -2.30. The van der Waals surface area contributed by atoms with E-state index in [0.29, 0.717) is 18.7 Å². The maximum atomic E-state index is 12.1. The van der Waals surface area contributed by atoms with Gasteiger partial charge in [-0.1, -0.05) is 0 Å². The third-order valence-corrected chi connectivity index (χ3v) is 3.90. The molecule has 7 heteroatoms. The van der Waals surface area contributed by atoms with Crippen LogP contribution in [0.3, 0.4) is 0 Å². The number of methoxy groups -OCH3 is 1. The molecular formula is C14H19N3O4. The van der Waals surface area contributed by atoms with Gasteiger partial charge in [0.25, 0.3) is 11.6 Å². The summed E-state index contributed by atoms with van der Waals surface area (Å²) in [6.45, 7) is 1.27. The van der Waals surface area contributed by atoms with Crippen LogP contribution in [0.15, 0.2) is 18.2 Å². The molecule has 1 saturated carbocycles. The summed E-state index contributed by atoms with van der Waals surface area (Å²) in [5, 5.41) is 13.5. The number of carbonyl (C=O) groups excluding carboxylic acids is 1. The summed E-state index contributed by atoms with van der Waals surface area (Å²) in [6, 6.07) is 4.00. The van der Waals surface area contributed by atoms with Crippen LogP contribution in [-0.2, 0) is 4.74 Å². The molecule has 21 heavy (non-hydrogen) atoms. The average molecular weight is 293 g/mol. The molecule has 0 aromatic heterocycles. The van der Waals surface area contributed by atoms with E-state index in [2.05, 4.69) is 5.32 Å². The van der Waals surface area contributed by atoms with Gasteiger partial charge in [-0.15, -0.1) is 0 Å². The van der Waals surface area contributed by atoms with Gasteiger partial charge in [0.2, 0.25) is 0 Å². The number of ether oxygens (including phenoxy) is 1. The molecule has 0 radical (unpaired) electrons. The molecule has 0 heterocycles. The summed E-state index contributed by atoms with van der Waals surface area (Å²) >= 11 is 0. The number of hydrogen-bond acceptors (Lipinski definition) is 5. The van der Waals surface area contributed by atoms with Gasteiger partial charge in [-0.05, 0) is 36.8 Å². The number of nitro groups is 1. The molecule has 0 atom stereocenters. The van der Waals surface area contributed by atoms with Crippen LogP contribution >= 0.6 is 0 Å². The molecule has 1 amide bonds. The van der Waals surface area contributed by atoms with Crippen molar-refractivity contribution >= 4 is 17.3 Å². The van der Waals surface area contributed by atoms with Crippen molar-refractivity contribution < 1.29 is 14.5 Å². The first kappa shape index (κ1) is 15.2. The normalized spacial score (nSPS) is 15.5. The number of nitrogens with zero attached hydrogens (tertiary/aromatic N) is 1. The molecule has 0 spiro atoms. The van der Waals surface area contributed by atoms with Gasteiger partial charge in [0.15, 0.2) is 0 Å². The van der Waals surface area contributed by atoms with Gasteiger partial charge in [-0.3, -0.25) is 14.9 Å². The summed E-state index contributed by atoms with van der Waals surface area (Å²) in [7, 11) is 1.66. The van der Waals surface area contributed by atoms with E-state index in [1.807, 2.05) is 0 Å². The number of nitrogens with one attached hydrogen (secondary N) is 1. The highest BCUT2D eigenvalue weighted by atomic mass is 16.6. The molecule has 1 aliphatic rings. The van der Waals surface area contributed by atoms with Crippen LogP contribution in [0, 0.1) is 15.5 Å². The van der Waals surface area contributed by atoms with E-state index in [0.717, 1.165) is 19.3 Å². The molecule has 7 nitrogen and oxygen atoms in total. The van der Waals surface area contributed by atoms with Crippen LogP contribution in [0.5, 0.6) is 0 Å². The van der Waals surface area contributed by atoms with Gasteiger partial charge in [0.05, 0.1) is 4.92 Å². The SMILES string of the molecule is COCCC1(CNC(=O)c2ccc([N+](=O)[O-])c(N)c2)CC1. The van der Waals surface area contributed by atoms with Crippen molar-refractivity contribution in [3.8, 4) is 0 Å². The number of anilines is 1. The summed E-state index contributed by atoms with van der Waals surface area (Å²) in [6.07, 6.45) is 3.09. The van der Waals surface area contributed by atoms with Crippen LogP contribution in [-0.4, -0.2) is 31.1 Å². The third kappa shape index (κ3) is 3.69. The predicted molar refractivity (Wildman–Crippen MR) is 78.0 cm³/mol. The van der Waals surface area contributed by atoms with Crippen molar-refractivity contribution in [3.05, 3.63) is 33.9 Å². The van der Waals surface area contributed by atoms with Crippen molar-refractivity contribution in [1.82, 2.24) is 5.32 Å². The molecular weight excluding hydrogens is 274 g/mol. The molecule has 114 valence electrons. The highest BCUT2D eigenvalue weighted by molar-refractivity contribution is 5.95. The number of benzene rings is 1. The highest BCUT2D eigenvalue weighted by Crippen LogP contribution is 2.48. The third-order valence-electron chi connectivity index (χ3n) is 3.90. The number of hydrogen-bond donors (Lipinski definition) is 2. The molecule has 0 aliphatic heterocycles. The Morgan fingerprint density at radius 1 is 1.52 bits per heavy atom. The van der Waals surface area contributed by atoms with E-state index in [-0.39, 0.29) is 22.7 Å². The zero-order valence-corrected chi connectivity index (χ0v) is 11.9. The molecule has 1 aliphatic carbocycles. The van der Waals surface area contributed by atoms with Crippen LogP contribution < -0.4 is 11.1 Å². The molecule has 1 aromatic carbocycles. The zero-order valence-electron chi connectivity index (χ0n) is 11.9. The Balaban J connectivity index is 1.95. The zero-order chi connectivity index (χ0) is 15.5. The fraction of sp³-hybridized carbons (Fsp3) is 0.500. The van der Waals surface area contributed by atoms with Crippen molar-refractivity contribution in [2.24, 2.45) is 5.41 Å². The Morgan fingerprint density at radius 3 is 2.76 bits per heavy atom. The first-order valence-electron chi connectivity index (χ1n) is 6.78. The molecule has 2 rings (SSSR count). The smallest absolute Gasteiger partial charge is 0.292 e. The standard InChI is InChI=1S/C14H19N3O4/c1-21-7-6-14(4-5-14)9-16-13(18)10-2-3-12(17(19)20)11(15)8-10/h2-3,8H,4-7,9,15H2,1H3,(H,16,18). The Labute approximate surface area is 122 Å². The molecule has 0 unspecified atom stereocenters. The summed E-state index contributed by atoms with van der Waals surface area (Å²) in [5.41, 5.74) is 5.87. The van der Waals surface area contributed by atoms with Crippen molar-refractivity contribution in [2.75, 3.05) is 26.0 Å². The van der Waals surface area contributed by atoms with E-state index in [1.54, 1.807) is 7.11 Å². The lowest BCUT2D eigenvalue weighted by Gasteiger charge is -2.15. The van der Waals surface area contributed by atoms with Gasteiger partial charge in [0, 0.05) is 31.9 Å². The number of nitro benzene ring substituents is 1. The van der Waals surface area contributed by atoms with Gasteiger partial charge in [-0.25, -0.2) is 0 Å². The minimum absolute atomic E-state index is 0.00633. The number of amides is 1. The molecule has 0 saturated heterocycles. The van der Waals surface area contributed by atoms with Crippen LogP contribution in [0.1, 0.15) is 29.6 Å². The first-order valence-corrected chi connectivity index (χ1v) is 6.78. The Bertz CT molecular complexity index is 555. The van der Waals surface area contributed by atoms with E-state index in [4.69, 9.17) is 10.5 Å². The van der Waals surface area contributed by atoms with Gasteiger partial charge >= 0.3 is 0 Å². The maximum Gasteiger partial charge on any atom is 0.292 e. The van der Waals surface area contributed by atoms with E-state index < -0.39 is 4.92 Å². The van der Waals surface area contributed by atoms with Crippen molar-refractivity contribution in [2.45, 2.75) is 19.3 Å². The fourth-order valence-electron chi connectivity index (χ4n) is 2.24. The summed E-state index contributed by atoms with van der Waals surface area (Å²) < 4.78 is 5.07. The molecule has 3 N–H and O–H groups in total. The monoisotopic (exact) mass is 293 g/mol. The number of rotatable bonds is 7. The number of carbonyl (C=O) groups is 1. The van der Waals surface area contributed by atoms with Gasteiger partial charge in [0.1, 0.15) is 5.69 Å². The fourth-order valence-corrected chi connectivity index (χ4v) is 2.24. The second-order valence-corrected chi connectivity index (χ2v) is 5.46. The molecule has 1 fully saturated rings. The van der Waals surface area contributed by atoms with Crippen LogP contribution in [0.4, 0.5) is 11.4 Å². The molecule has 1 aromatic rings. The lowest BCUT2D eigenvalue weighted by atomic mass is 10.0. The van der Waals surface area contributed by atoms with Crippen molar-refractivity contribution in [3.63, 3.8) is 0 Å². The largest absolute Gasteiger partial charge is 0.393 e. The number of nitrogens with two attached hydrogens (primary N) is 1. The van der Waals surface area contributed by atoms with E-state index >= 15 is 0 Å². The second kappa shape index (κ2) is 6.09. The quantitative estimate of drug-likeness (QED) is 0.452. The van der Waals surface area contributed by atoms with Gasteiger partial charge < -0.3 is 15.8 Å². The maximum absolute atomic E-state index is 12.1. The van der Waals surface area contributed by atoms with E-state index in [1.165, 1.54) is 18.2 Å². The van der Waals surface area contributed by atoms with Crippen LogP contribution in [0.2, 0.25) is 0 Å². The summed E-state index contributed by atoms with van der Waals surface area (Å²) in [4.78, 5) is 22.2. The van der Waals surface area contributed by atoms with Crippen molar-refractivity contribution in [1.29, 1.82) is 0 Å². The topological polar surface area (TPSA) is 107 Å².